The lowest BCUT2D eigenvalue weighted by Gasteiger charge is -2.18. The summed E-state index contributed by atoms with van der Waals surface area (Å²) in [6, 6.07) is 0. The number of hydrogen-bond donors (Lipinski definition) is 0. The van der Waals surface area contributed by atoms with Crippen LogP contribution in [0.25, 0.3) is 0 Å². The van der Waals surface area contributed by atoms with E-state index in [4.69, 9.17) is 14.2 Å². The van der Waals surface area contributed by atoms with Crippen LogP contribution in [0.2, 0.25) is 0 Å². The van der Waals surface area contributed by atoms with E-state index in [1.165, 1.54) is 116 Å². The molecule has 364 valence electrons. The highest BCUT2D eigenvalue weighted by molar-refractivity contribution is 5.71. The van der Waals surface area contributed by atoms with Gasteiger partial charge < -0.3 is 14.2 Å². The molecule has 0 aromatic rings. The summed E-state index contributed by atoms with van der Waals surface area (Å²) in [6.45, 7) is 6.50. The lowest BCUT2D eigenvalue weighted by Crippen LogP contribution is -2.30. The molecule has 1 atom stereocenters. The molecule has 0 amide bonds. The van der Waals surface area contributed by atoms with Gasteiger partial charge in [0.05, 0.1) is 0 Å². The van der Waals surface area contributed by atoms with E-state index in [0.717, 1.165) is 109 Å². The van der Waals surface area contributed by atoms with Gasteiger partial charge in [0.25, 0.3) is 0 Å². The Kier molecular flexibility index (Phi) is 49.4. The molecule has 6 heteroatoms. The summed E-state index contributed by atoms with van der Waals surface area (Å²) in [6.07, 6.45) is 63.4. The first kappa shape index (κ1) is 60.1. The van der Waals surface area contributed by atoms with E-state index in [1.807, 2.05) is 0 Å². The van der Waals surface area contributed by atoms with Crippen LogP contribution < -0.4 is 0 Å². The minimum absolute atomic E-state index is 0.0877. The molecular formula is C57H100O6. The minimum Gasteiger partial charge on any atom is -0.462 e. The quantitative estimate of drug-likeness (QED) is 0.0262. The van der Waals surface area contributed by atoms with Crippen LogP contribution in [-0.4, -0.2) is 37.2 Å². The van der Waals surface area contributed by atoms with Crippen LogP contribution in [0.3, 0.4) is 0 Å². The van der Waals surface area contributed by atoms with Crippen LogP contribution in [0.5, 0.6) is 0 Å². The third-order valence-corrected chi connectivity index (χ3v) is 11.5. The fourth-order valence-electron chi connectivity index (χ4n) is 7.45. The molecule has 0 aliphatic heterocycles. The first-order chi connectivity index (χ1) is 31.0. The molecule has 0 radical (unpaired) electrons. The molecule has 0 saturated carbocycles. The van der Waals surface area contributed by atoms with Crippen molar-refractivity contribution in [1.29, 1.82) is 0 Å². The molecule has 0 saturated heterocycles. The zero-order valence-corrected chi connectivity index (χ0v) is 41.6. The van der Waals surface area contributed by atoms with Crippen LogP contribution in [0.15, 0.2) is 60.8 Å². The van der Waals surface area contributed by atoms with Crippen molar-refractivity contribution in [2.75, 3.05) is 13.2 Å². The second kappa shape index (κ2) is 51.7. The van der Waals surface area contributed by atoms with E-state index in [2.05, 4.69) is 81.5 Å². The Morgan fingerprint density at radius 3 is 0.984 bits per heavy atom. The summed E-state index contributed by atoms with van der Waals surface area (Å²) < 4.78 is 16.8. The Morgan fingerprint density at radius 2 is 0.619 bits per heavy atom. The lowest BCUT2D eigenvalue weighted by atomic mass is 10.1. The predicted molar refractivity (Wildman–Crippen MR) is 270 cm³/mol. The van der Waals surface area contributed by atoms with Crippen molar-refractivity contribution in [1.82, 2.24) is 0 Å². The van der Waals surface area contributed by atoms with Gasteiger partial charge in [0.15, 0.2) is 6.10 Å². The molecule has 0 aromatic carbocycles. The molecule has 0 aliphatic rings. The molecule has 63 heavy (non-hydrogen) atoms. The summed E-state index contributed by atoms with van der Waals surface area (Å²) in [7, 11) is 0. The number of carbonyl (C=O) groups excluding carboxylic acids is 3. The van der Waals surface area contributed by atoms with Gasteiger partial charge in [-0.25, -0.2) is 0 Å². The number of ether oxygens (including phenoxy) is 3. The van der Waals surface area contributed by atoms with Gasteiger partial charge in [-0.05, 0) is 103 Å². The minimum atomic E-state index is -0.789. The van der Waals surface area contributed by atoms with Crippen molar-refractivity contribution in [2.45, 2.75) is 271 Å². The topological polar surface area (TPSA) is 78.9 Å². The molecule has 0 heterocycles. The lowest BCUT2D eigenvalue weighted by molar-refractivity contribution is -0.167. The average molecular weight is 881 g/mol. The van der Waals surface area contributed by atoms with Crippen molar-refractivity contribution in [2.24, 2.45) is 0 Å². The van der Waals surface area contributed by atoms with Gasteiger partial charge in [-0.1, -0.05) is 204 Å². The molecule has 0 N–H and O–H groups in total. The van der Waals surface area contributed by atoms with E-state index in [9.17, 15) is 14.4 Å². The number of rotatable bonds is 48. The largest absolute Gasteiger partial charge is 0.462 e. The Balaban J connectivity index is 4.42. The Labute approximate surface area is 390 Å². The zero-order valence-electron chi connectivity index (χ0n) is 41.6. The zero-order chi connectivity index (χ0) is 45.8. The molecular weight excluding hydrogens is 781 g/mol. The van der Waals surface area contributed by atoms with Crippen LogP contribution in [0.1, 0.15) is 265 Å². The van der Waals surface area contributed by atoms with Crippen LogP contribution >= 0.6 is 0 Å². The number of unbranched alkanes of at least 4 members (excludes halogenated alkanes) is 27. The molecule has 0 bridgehead atoms. The Bertz CT molecular complexity index is 1150. The SMILES string of the molecule is CC/C=C\C/C=C\C/C=C\CCCCCCCC(=O)OC(COC(=O)CCCCCCC/C=C\CCCCCCC)COC(=O)CCCCCCC/C=C\CCCCCCCCC. The van der Waals surface area contributed by atoms with Crippen LogP contribution in [0, 0.1) is 0 Å². The fraction of sp³-hybridized carbons (Fsp3) is 0.772. The van der Waals surface area contributed by atoms with E-state index in [-0.39, 0.29) is 31.1 Å². The number of hydrogen-bond acceptors (Lipinski definition) is 6. The molecule has 1 unspecified atom stereocenters. The van der Waals surface area contributed by atoms with E-state index < -0.39 is 6.10 Å². The van der Waals surface area contributed by atoms with Gasteiger partial charge in [0.2, 0.25) is 0 Å². The predicted octanol–water partition coefficient (Wildman–Crippen LogP) is 17.6. The van der Waals surface area contributed by atoms with Crippen LogP contribution in [-0.2, 0) is 28.6 Å². The van der Waals surface area contributed by atoms with Crippen molar-refractivity contribution in [3.63, 3.8) is 0 Å². The normalized spacial score (nSPS) is 12.5. The summed E-state index contributed by atoms with van der Waals surface area (Å²) >= 11 is 0. The summed E-state index contributed by atoms with van der Waals surface area (Å²) in [4.78, 5) is 38.0. The standard InChI is InChI=1S/C57H100O6/c1-4-7-10-13-16-19-22-25-28-30-32-35-38-41-44-47-50-56(59)62-53-54(52-61-55(58)49-46-43-40-37-34-31-27-24-21-18-15-12-9-6-3)63-57(60)51-48-45-42-39-36-33-29-26-23-20-17-14-11-8-5-2/h8,11,17,20,24,26-30,54H,4-7,9-10,12-16,18-19,21-23,25,31-53H2,1-3H3/b11-8-,20-17-,27-24-,29-26-,30-28-. The smallest absolute Gasteiger partial charge is 0.306 e. The summed E-state index contributed by atoms with van der Waals surface area (Å²) in [5, 5.41) is 0. The maximum Gasteiger partial charge on any atom is 0.306 e. The second-order valence-electron chi connectivity index (χ2n) is 17.7. The highest BCUT2D eigenvalue weighted by atomic mass is 16.6. The second-order valence-corrected chi connectivity index (χ2v) is 17.7. The van der Waals surface area contributed by atoms with Gasteiger partial charge in [-0.3, -0.25) is 14.4 Å². The van der Waals surface area contributed by atoms with E-state index >= 15 is 0 Å². The maximum absolute atomic E-state index is 12.8. The van der Waals surface area contributed by atoms with E-state index in [1.54, 1.807) is 0 Å². The van der Waals surface area contributed by atoms with Gasteiger partial charge in [0.1, 0.15) is 13.2 Å². The van der Waals surface area contributed by atoms with Crippen molar-refractivity contribution < 1.29 is 28.6 Å². The van der Waals surface area contributed by atoms with Gasteiger partial charge in [-0.15, -0.1) is 0 Å². The number of carbonyl (C=O) groups is 3. The first-order valence-electron chi connectivity index (χ1n) is 26.8. The third-order valence-electron chi connectivity index (χ3n) is 11.5. The summed E-state index contributed by atoms with van der Waals surface area (Å²) in [5.41, 5.74) is 0. The number of allylic oxidation sites excluding steroid dienone is 10. The van der Waals surface area contributed by atoms with Crippen LogP contribution in [0.4, 0.5) is 0 Å². The average Bonchev–Trinajstić information content (AvgIpc) is 3.28. The van der Waals surface area contributed by atoms with E-state index in [0.29, 0.717) is 19.3 Å². The highest BCUT2D eigenvalue weighted by Gasteiger charge is 2.19. The Hall–Kier alpha value is -2.89. The molecule has 0 aliphatic carbocycles. The third kappa shape index (κ3) is 50.0. The highest BCUT2D eigenvalue weighted by Crippen LogP contribution is 2.14. The number of esters is 3. The molecule has 0 fully saturated rings. The summed E-state index contributed by atoms with van der Waals surface area (Å²) in [5.74, 6) is -0.915. The first-order valence-corrected chi connectivity index (χ1v) is 26.8. The monoisotopic (exact) mass is 881 g/mol. The van der Waals surface area contributed by atoms with Gasteiger partial charge in [-0.2, -0.15) is 0 Å². The van der Waals surface area contributed by atoms with Gasteiger partial charge >= 0.3 is 17.9 Å². The van der Waals surface area contributed by atoms with Crippen molar-refractivity contribution in [3.8, 4) is 0 Å². The Morgan fingerprint density at radius 1 is 0.333 bits per heavy atom. The molecule has 0 spiro atoms. The molecule has 6 nitrogen and oxygen atoms in total. The van der Waals surface area contributed by atoms with Crippen molar-refractivity contribution in [3.05, 3.63) is 60.8 Å². The molecule has 0 rings (SSSR count). The fourth-order valence-corrected chi connectivity index (χ4v) is 7.45. The van der Waals surface area contributed by atoms with Crippen molar-refractivity contribution >= 4 is 17.9 Å². The molecule has 0 aromatic heterocycles. The van der Waals surface area contributed by atoms with Gasteiger partial charge in [0, 0.05) is 19.3 Å². The maximum atomic E-state index is 12.8.